The number of hydrogen-bond donors (Lipinski definition) is 1. The van der Waals surface area contributed by atoms with Crippen LogP contribution in [-0.2, 0) is 4.79 Å². The lowest BCUT2D eigenvalue weighted by Crippen LogP contribution is -2.33. The summed E-state index contributed by atoms with van der Waals surface area (Å²) in [5.41, 5.74) is 2.44. The highest BCUT2D eigenvalue weighted by Crippen LogP contribution is 2.25. The number of rotatable bonds is 8. The third-order valence-electron chi connectivity index (χ3n) is 3.89. The van der Waals surface area contributed by atoms with Gasteiger partial charge in [0.15, 0.2) is 0 Å². The van der Waals surface area contributed by atoms with E-state index in [-0.39, 0.29) is 11.2 Å². The second kappa shape index (κ2) is 9.37. The van der Waals surface area contributed by atoms with E-state index >= 15 is 0 Å². The molecule has 0 saturated heterocycles. The number of thioether (sulfide) groups is 1. The zero-order valence-electron chi connectivity index (χ0n) is 15.2. The maximum atomic E-state index is 12.2. The fraction of sp³-hybridized carbons (Fsp3) is 0.350. The summed E-state index contributed by atoms with van der Waals surface area (Å²) in [5, 5.41) is 2.74. The van der Waals surface area contributed by atoms with E-state index in [1.807, 2.05) is 49.4 Å². The van der Waals surface area contributed by atoms with Crippen LogP contribution in [0.1, 0.15) is 18.1 Å². The van der Waals surface area contributed by atoms with E-state index < -0.39 is 0 Å². The Morgan fingerprint density at radius 2 is 1.76 bits per heavy atom. The highest BCUT2D eigenvalue weighted by Gasteiger charge is 2.13. The number of nitrogens with one attached hydrogen (secondary N) is 1. The fourth-order valence-corrected chi connectivity index (χ4v) is 3.09. The van der Waals surface area contributed by atoms with Gasteiger partial charge >= 0.3 is 0 Å². The first-order valence-electron chi connectivity index (χ1n) is 8.28. The predicted molar refractivity (Wildman–Crippen MR) is 103 cm³/mol. The number of ether oxygens (including phenoxy) is 2. The molecule has 0 radical (unpaired) electrons. The molecular weight excluding hydrogens is 334 g/mol. The van der Waals surface area contributed by atoms with Crippen molar-refractivity contribution in [2.75, 3.05) is 20.3 Å². The van der Waals surface area contributed by atoms with Gasteiger partial charge in [-0.25, -0.2) is 0 Å². The Labute approximate surface area is 153 Å². The lowest BCUT2D eigenvalue weighted by atomic mass is 10.1. The van der Waals surface area contributed by atoms with E-state index in [0.29, 0.717) is 13.2 Å². The van der Waals surface area contributed by atoms with Gasteiger partial charge in [0.2, 0.25) is 5.91 Å². The first-order chi connectivity index (χ1) is 12.0. The fourth-order valence-electron chi connectivity index (χ4n) is 2.20. The molecule has 5 heteroatoms. The molecule has 1 amide bonds. The van der Waals surface area contributed by atoms with Crippen molar-refractivity contribution >= 4 is 17.7 Å². The lowest BCUT2D eigenvalue weighted by Gasteiger charge is -2.13. The number of carbonyl (C=O) groups is 1. The van der Waals surface area contributed by atoms with Gasteiger partial charge in [-0.15, -0.1) is 11.8 Å². The number of aryl methyl sites for hydroxylation is 2. The molecule has 0 aliphatic heterocycles. The Bertz CT molecular complexity index is 701. The summed E-state index contributed by atoms with van der Waals surface area (Å²) >= 11 is 1.52. The molecule has 1 unspecified atom stereocenters. The van der Waals surface area contributed by atoms with Crippen molar-refractivity contribution in [1.82, 2.24) is 5.32 Å². The predicted octanol–water partition coefficient (Wildman–Crippen LogP) is 3.99. The molecule has 4 nitrogen and oxygen atoms in total. The van der Waals surface area contributed by atoms with Crippen molar-refractivity contribution < 1.29 is 14.3 Å². The van der Waals surface area contributed by atoms with Gasteiger partial charge in [0, 0.05) is 4.90 Å². The summed E-state index contributed by atoms with van der Waals surface area (Å²) in [5.74, 6) is 1.65. The van der Waals surface area contributed by atoms with Crippen molar-refractivity contribution in [3.63, 3.8) is 0 Å². The minimum absolute atomic E-state index is 0.00417. The van der Waals surface area contributed by atoms with Crippen LogP contribution < -0.4 is 14.8 Å². The highest BCUT2D eigenvalue weighted by molar-refractivity contribution is 8.00. The van der Waals surface area contributed by atoms with Gasteiger partial charge in [0.05, 0.1) is 18.9 Å². The average molecular weight is 359 g/mol. The Morgan fingerprint density at radius 1 is 1.08 bits per heavy atom. The van der Waals surface area contributed by atoms with Crippen LogP contribution in [0.4, 0.5) is 0 Å². The summed E-state index contributed by atoms with van der Waals surface area (Å²) < 4.78 is 10.8. The average Bonchev–Trinajstić information content (AvgIpc) is 2.62. The minimum atomic E-state index is -0.171. The second-order valence-corrected chi connectivity index (χ2v) is 7.24. The quantitative estimate of drug-likeness (QED) is 0.572. The van der Waals surface area contributed by atoms with Crippen LogP contribution in [0.3, 0.4) is 0 Å². The molecule has 0 heterocycles. The zero-order valence-corrected chi connectivity index (χ0v) is 16.0. The summed E-state index contributed by atoms with van der Waals surface area (Å²) in [4.78, 5) is 13.2. The minimum Gasteiger partial charge on any atom is -0.497 e. The summed E-state index contributed by atoms with van der Waals surface area (Å²) in [6, 6.07) is 13.7. The number of amides is 1. The molecule has 0 saturated carbocycles. The van der Waals surface area contributed by atoms with E-state index in [9.17, 15) is 4.79 Å². The monoisotopic (exact) mass is 359 g/mol. The van der Waals surface area contributed by atoms with Crippen LogP contribution >= 0.6 is 11.8 Å². The van der Waals surface area contributed by atoms with Crippen molar-refractivity contribution in [2.24, 2.45) is 0 Å². The highest BCUT2D eigenvalue weighted by atomic mass is 32.2. The van der Waals surface area contributed by atoms with Crippen LogP contribution in [0.5, 0.6) is 11.5 Å². The molecular formula is C20H25NO3S. The largest absolute Gasteiger partial charge is 0.497 e. The number of methoxy groups -OCH3 is 1. The van der Waals surface area contributed by atoms with Crippen molar-refractivity contribution in [3.05, 3.63) is 53.6 Å². The smallest absolute Gasteiger partial charge is 0.233 e. The molecule has 134 valence electrons. The molecule has 0 aliphatic rings. The molecule has 1 atom stereocenters. The molecule has 25 heavy (non-hydrogen) atoms. The van der Waals surface area contributed by atoms with Gasteiger partial charge in [-0.3, -0.25) is 4.79 Å². The molecule has 2 aromatic rings. The molecule has 0 fully saturated rings. The molecule has 2 rings (SSSR count). The van der Waals surface area contributed by atoms with Crippen molar-refractivity contribution in [2.45, 2.75) is 30.9 Å². The SMILES string of the molecule is COc1ccc(SC(C)C(=O)NCCOc2ccc(C)c(C)c2)cc1. The van der Waals surface area contributed by atoms with E-state index in [0.717, 1.165) is 16.4 Å². The Balaban J connectivity index is 1.72. The van der Waals surface area contributed by atoms with Crippen molar-refractivity contribution in [3.8, 4) is 11.5 Å². The normalized spacial score (nSPS) is 11.7. The summed E-state index contributed by atoms with van der Waals surface area (Å²) in [6.07, 6.45) is 0. The van der Waals surface area contributed by atoms with Gasteiger partial charge in [-0.2, -0.15) is 0 Å². The van der Waals surface area contributed by atoms with Gasteiger partial charge in [-0.05, 0) is 68.3 Å². The van der Waals surface area contributed by atoms with Crippen LogP contribution in [-0.4, -0.2) is 31.4 Å². The Kier molecular flexibility index (Phi) is 7.19. The Morgan fingerprint density at radius 3 is 2.40 bits per heavy atom. The first-order valence-corrected chi connectivity index (χ1v) is 9.16. The molecule has 2 aromatic carbocycles. The zero-order chi connectivity index (χ0) is 18.2. The molecule has 1 N–H and O–H groups in total. The second-order valence-electron chi connectivity index (χ2n) is 5.82. The molecule has 0 bridgehead atoms. The van der Waals surface area contributed by atoms with Crippen LogP contribution in [0.2, 0.25) is 0 Å². The van der Waals surface area contributed by atoms with Gasteiger partial charge in [0.25, 0.3) is 0 Å². The molecule has 0 aromatic heterocycles. The van der Waals surface area contributed by atoms with Gasteiger partial charge in [0.1, 0.15) is 18.1 Å². The molecule has 0 spiro atoms. The lowest BCUT2D eigenvalue weighted by molar-refractivity contribution is -0.120. The molecule has 0 aliphatic carbocycles. The maximum Gasteiger partial charge on any atom is 0.233 e. The van der Waals surface area contributed by atoms with Crippen LogP contribution in [0.15, 0.2) is 47.4 Å². The summed E-state index contributed by atoms with van der Waals surface area (Å²) in [7, 11) is 1.64. The topological polar surface area (TPSA) is 47.6 Å². The third kappa shape index (κ3) is 6.02. The first kappa shape index (κ1) is 19.2. The maximum absolute atomic E-state index is 12.2. The van der Waals surface area contributed by atoms with E-state index in [1.54, 1.807) is 7.11 Å². The number of hydrogen-bond acceptors (Lipinski definition) is 4. The van der Waals surface area contributed by atoms with Crippen LogP contribution in [0.25, 0.3) is 0 Å². The van der Waals surface area contributed by atoms with Crippen LogP contribution in [0, 0.1) is 13.8 Å². The van der Waals surface area contributed by atoms with Gasteiger partial charge in [-0.1, -0.05) is 6.07 Å². The number of carbonyl (C=O) groups excluding carboxylic acids is 1. The number of benzene rings is 2. The van der Waals surface area contributed by atoms with E-state index in [4.69, 9.17) is 9.47 Å². The summed E-state index contributed by atoms with van der Waals surface area (Å²) in [6.45, 7) is 6.96. The standard InChI is InChI=1S/C20H25NO3S/c1-14-5-6-18(13-15(14)2)24-12-11-21-20(22)16(3)25-19-9-7-17(23-4)8-10-19/h5-10,13,16H,11-12H2,1-4H3,(H,21,22). The third-order valence-corrected chi connectivity index (χ3v) is 5.00. The van der Waals surface area contributed by atoms with Crippen molar-refractivity contribution in [1.29, 1.82) is 0 Å². The van der Waals surface area contributed by atoms with E-state index in [2.05, 4.69) is 19.2 Å². The van der Waals surface area contributed by atoms with E-state index in [1.165, 1.54) is 22.9 Å². The Hall–Kier alpha value is -2.14. The van der Waals surface area contributed by atoms with Gasteiger partial charge < -0.3 is 14.8 Å².